The molecule has 3 aromatic heterocycles. The fourth-order valence-electron chi connectivity index (χ4n) is 6.67. The number of carbonyl (C=O) groups is 1. The van der Waals surface area contributed by atoms with E-state index in [2.05, 4.69) is 26.0 Å². The number of carbonyl (C=O) groups excluding carboxylic acids is 1. The van der Waals surface area contributed by atoms with Gasteiger partial charge in [-0.05, 0) is 52.1 Å². The van der Waals surface area contributed by atoms with E-state index in [1.165, 1.54) is 11.1 Å². The molecule has 0 bridgehead atoms. The minimum Gasteiger partial charge on any atom is -0.463 e. The van der Waals surface area contributed by atoms with Gasteiger partial charge in [0.05, 0.1) is 37.1 Å². The first-order valence-electron chi connectivity index (χ1n) is 16.3. The molecule has 6 rings (SSSR count). The number of benzene rings is 1. The summed E-state index contributed by atoms with van der Waals surface area (Å²) in [5.74, 6) is -3.14. The fourth-order valence-corrected chi connectivity index (χ4v) is 6.67. The molecule has 0 saturated carbocycles. The number of alkyl halides is 2. The first kappa shape index (κ1) is 34.1. The van der Waals surface area contributed by atoms with Crippen molar-refractivity contribution >= 4 is 33.6 Å². The molecule has 49 heavy (non-hydrogen) atoms. The Balaban J connectivity index is 1.39. The maximum atomic E-state index is 16.7. The van der Waals surface area contributed by atoms with Gasteiger partial charge in [-0.15, -0.1) is 0 Å². The van der Waals surface area contributed by atoms with Crippen molar-refractivity contribution in [3.63, 3.8) is 0 Å². The lowest BCUT2D eigenvalue weighted by atomic mass is 10.00. The van der Waals surface area contributed by atoms with Crippen molar-refractivity contribution in [2.45, 2.75) is 70.6 Å². The van der Waals surface area contributed by atoms with E-state index < -0.39 is 35.5 Å². The van der Waals surface area contributed by atoms with E-state index in [9.17, 15) is 18.8 Å². The number of hydrogen-bond donors (Lipinski definition) is 0. The van der Waals surface area contributed by atoms with Crippen molar-refractivity contribution < 1.29 is 27.4 Å². The first-order chi connectivity index (χ1) is 23.2. The summed E-state index contributed by atoms with van der Waals surface area (Å²) < 4.78 is 56.3. The van der Waals surface area contributed by atoms with E-state index >= 15 is 4.39 Å². The van der Waals surface area contributed by atoms with Crippen molar-refractivity contribution in [3.05, 3.63) is 48.2 Å². The third kappa shape index (κ3) is 7.17. The van der Waals surface area contributed by atoms with Gasteiger partial charge in [-0.3, -0.25) is 14.9 Å². The van der Waals surface area contributed by atoms with Crippen molar-refractivity contribution in [1.82, 2.24) is 29.7 Å². The molecule has 2 aliphatic rings. The molecule has 2 atom stereocenters. The number of halogens is 3. The number of rotatable bonds is 7. The van der Waals surface area contributed by atoms with Crippen LogP contribution in [0, 0.1) is 24.1 Å². The number of pyridine rings is 2. The highest BCUT2D eigenvalue weighted by Crippen LogP contribution is 2.37. The second-order valence-electron chi connectivity index (χ2n) is 13.8. The average Bonchev–Trinajstić information content (AvgIpc) is 3.30. The topological polar surface area (TPSA) is 121 Å². The summed E-state index contributed by atoms with van der Waals surface area (Å²) in [5, 5.41) is 11.6. The largest absolute Gasteiger partial charge is 0.463 e. The molecule has 258 valence electrons. The van der Waals surface area contributed by atoms with Crippen LogP contribution in [0.25, 0.3) is 32.9 Å². The lowest BCUT2D eigenvalue weighted by molar-refractivity contribution is 0.0132. The molecule has 4 aromatic rings. The molecule has 2 saturated heterocycles. The zero-order valence-electron chi connectivity index (χ0n) is 28.2. The maximum absolute atomic E-state index is 16.7. The van der Waals surface area contributed by atoms with Crippen LogP contribution < -0.4 is 9.64 Å². The van der Waals surface area contributed by atoms with Gasteiger partial charge in [-0.2, -0.15) is 15.2 Å². The minimum atomic E-state index is -2.77. The molecular formula is C35H39F3N8O3. The molecule has 1 amide bonds. The van der Waals surface area contributed by atoms with E-state index in [1.54, 1.807) is 45.1 Å². The zero-order valence-corrected chi connectivity index (χ0v) is 28.2. The van der Waals surface area contributed by atoms with Crippen LogP contribution in [-0.4, -0.2) is 99.3 Å². The summed E-state index contributed by atoms with van der Waals surface area (Å²) in [6.45, 7) is 7.69. The number of aromatic nitrogens is 4. The van der Waals surface area contributed by atoms with Crippen LogP contribution in [0.15, 0.2) is 36.8 Å². The van der Waals surface area contributed by atoms with E-state index in [4.69, 9.17) is 9.47 Å². The van der Waals surface area contributed by atoms with Crippen LogP contribution in [0.2, 0.25) is 0 Å². The molecule has 1 aromatic carbocycles. The molecule has 14 heteroatoms. The molecule has 0 radical (unpaired) electrons. The third-order valence-corrected chi connectivity index (χ3v) is 8.95. The maximum Gasteiger partial charge on any atom is 0.410 e. The smallest absolute Gasteiger partial charge is 0.410 e. The second kappa shape index (κ2) is 13.3. The lowest BCUT2D eigenvalue weighted by Crippen LogP contribution is -2.56. The van der Waals surface area contributed by atoms with Crippen molar-refractivity contribution in [1.29, 1.82) is 5.26 Å². The minimum absolute atomic E-state index is 0.0332. The van der Waals surface area contributed by atoms with E-state index in [0.717, 1.165) is 16.3 Å². The number of likely N-dealkylation sites (tertiary alicyclic amines) is 1. The molecule has 2 fully saturated rings. The molecule has 1 unspecified atom stereocenters. The molecule has 5 heterocycles. The fraction of sp³-hybridized carbons (Fsp3) is 0.486. The summed E-state index contributed by atoms with van der Waals surface area (Å²) in [4.78, 5) is 36.1. The SMILES string of the molecule is Cc1cccc2cncc(-c3ncc4c(N5CCN(C(=O)OC(C)(C)C)[C@@H](CC#N)C5)nc(OCCC5CC(F)(F)CN5C)nc4c3F)c12. The Hall–Kier alpha value is -4.77. The monoisotopic (exact) mass is 676 g/mol. The number of nitriles is 1. The zero-order chi connectivity index (χ0) is 35.1. The van der Waals surface area contributed by atoms with Crippen LogP contribution in [0.1, 0.15) is 45.6 Å². The van der Waals surface area contributed by atoms with Gasteiger partial charge in [0.15, 0.2) is 5.82 Å². The molecular weight excluding hydrogens is 637 g/mol. The highest BCUT2D eigenvalue weighted by Gasteiger charge is 2.43. The number of fused-ring (bicyclic) bond motifs is 2. The Bertz CT molecular complexity index is 1920. The summed E-state index contributed by atoms with van der Waals surface area (Å²) in [7, 11) is 1.65. The van der Waals surface area contributed by atoms with Crippen LogP contribution in [0.5, 0.6) is 6.01 Å². The van der Waals surface area contributed by atoms with Gasteiger partial charge in [0.25, 0.3) is 5.92 Å². The van der Waals surface area contributed by atoms with Crippen molar-refractivity contribution in [2.24, 2.45) is 0 Å². The summed E-state index contributed by atoms with van der Waals surface area (Å²) in [6.07, 6.45) is 4.33. The van der Waals surface area contributed by atoms with Gasteiger partial charge in [0.1, 0.15) is 22.6 Å². The Kier molecular flexibility index (Phi) is 9.23. The van der Waals surface area contributed by atoms with Gasteiger partial charge < -0.3 is 19.3 Å². The number of ether oxygens (including phenoxy) is 2. The van der Waals surface area contributed by atoms with E-state index in [-0.39, 0.29) is 56.3 Å². The lowest BCUT2D eigenvalue weighted by Gasteiger charge is -2.41. The Morgan fingerprint density at radius 1 is 1.14 bits per heavy atom. The highest BCUT2D eigenvalue weighted by molar-refractivity contribution is 6.00. The number of anilines is 1. The van der Waals surface area contributed by atoms with Crippen molar-refractivity contribution in [3.8, 4) is 23.3 Å². The number of piperazine rings is 1. The highest BCUT2D eigenvalue weighted by atomic mass is 19.3. The Labute approximate surface area is 282 Å². The van der Waals surface area contributed by atoms with Gasteiger partial charge in [-0.25, -0.2) is 18.0 Å². The molecule has 0 spiro atoms. The number of hydrogen-bond acceptors (Lipinski definition) is 10. The molecule has 11 nitrogen and oxygen atoms in total. The summed E-state index contributed by atoms with van der Waals surface area (Å²) >= 11 is 0. The Morgan fingerprint density at radius 2 is 1.94 bits per heavy atom. The summed E-state index contributed by atoms with van der Waals surface area (Å²) in [5.41, 5.74) is 0.734. The normalized spacial score (nSPS) is 19.7. The van der Waals surface area contributed by atoms with E-state index in [1.807, 2.05) is 30.0 Å². The number of aryl methyl sites for hydroxylation is 1. The second-order valence-corrected chi connectivity index (χ2v) is 13.8. The van der Waals surface area contributed by atoms with Gasteiger partial charge in [0.2, 0.25) is 0 Å². The van der Waals surface area contributed by atoms with Crippen LogP contribution >= 0.6 is 0 Å². The van der Waals surface area contributed by atoms with Crippen molar-refractivity contribution in [2.75, 3.05) is 44.7 Å². The molecule has 0 aliphatic carbocycles. The third-order valence-electron chi connectivity index (χ3n) is 8.95. The standard InChI is InChI=1S/C35H39F3N8O3/c1-21-7-6-8-22-16-40-17-25(27(21)22)29-28(36)30-26(18-41-29)31(43-32(42-30)48-14-10-23-15-35(37,38)20-44(23)5)45-12-13-46(24(19-45)9-11-39)33(47)49-34(2,3)4/h6-8,16-18,23-24H,9-10,12-15,19-20H2,1-5H3/t23?,24-/m0/s1. The van der Waals surface area contributed by atoms with Crippen LogP contribution in [0.3, 0.4) is 0 Å². The number of amides is 1. The quantitative estimate of drug-likeness (QED) is 0.226. The molecule has 0 N–H and O–H groups in total. The van der Waals surface area contributed by atoms with Gasteiger partial charge in [-0.1, -0.05) is 18.2 Å². The summed E-state index contributed by atoms with van der Waals surface area (Å²) in [6, 6.07) is 6.84. The van der Waals surface area contributed by atoms with Gasteiger partial charge in [0, 0.05) is 61.6 Å². The first-order valence-corrected chi connectivity index (χ1v) is 16.3. The Morgan fingerprint density at radius 3 is 2.65 bits per heavy atom. The average molecular weight is 677 g/mol. The van der Waals surface area contributed by atoms with E-state index in [0.29, 0.717) is 29.7 Å². The number of nitrogens with zero attached hydrogens (tertiary/aromatic N) is 8. The van der Waals surface area contributed by atoms with Crippen LogP contribution in [0.4, 0.5) is 23.8 Å². The predicted molar refractivity (Wildman–Crippen MR) is 178 cm³/mol. The van der Waals surface area contributed by atoms with Gasteiger partial charge >= 0.3 is 12.1 Å². The predicted octanol–water partition coefficient (Wildman–Crippen LogP) is 6.14. The molecule has 2 aliphatic heterocycles. The van der Waals surface area contributed by atoms with Crippen LogP contribution in [-0.2, 0) is 4.74 Å².